The van der Waals surface area contributed by atoms with Crippen LogP contribution < -0.4 is 9.47 Å². The molecule has 10 heteroatoms. The Bertz CT molecular complexity index is 898. The molecule has 0 bridgehead atoms. The van der Waals surface area contributed by atoms with E-state index >= 15 is 0 Å². The molecule has 156 valence electrons. The molecule has 1 aromatic heterocycles. The predicted molar refractivity (Wildman–Crippen MR) is 96.2 cm³/mol. The quantitative estimate of drug-likeness (QED) is 0.419. The maximum Gasteiger partial charge on any atom is 0.433 e. The van der Waals surface area contributed by atoms with Gasteiger partial charge in [0, 0.05) is 6.07 Å². The molecule has 0 saturated carbocycles. The molecule has 0 saturated heterocycles. The van der Waals surface area contributed by atoms with Gasteiger partial charge in [-0.05, 0) is 25.0 Å². The fourth-order valence-electron chi connectivity index (χ4n) is 2.29. The summed E-state index contributed by atoms with van der Waals surface area (Å²) in [6, 6.07) is 6.56. The van der Waals surface area contributed by atoms with E-state index in [-0.39, 0.29) is 18.1 Å². The van der Waals surface area contributed by atoms with E-state index in [0.29, 0.717) is 23.5 Å². The summed E-state index contributed by atoms with van der Waals surface area (Å²) in [7, 11) is 1.15. The smallest absolute Gasteiger partial charge is 0.433 e. The molecular weight excluding hydrogens is 393 g/mol. The Morgan fingerprint density at radius 1 is 1.24 bits per heavy atom. The van der Waals surface area contributed by atoms with Crippen LogP contribution >= 0.6 is 0 Å². The molecule has 0 radical (unpaired) electrons. The largest absolute Gasteiger partial charge is 0.515 e. The molecule has 0 unspecified atom stereocenters. The molecule has 1 N–H and O–H groups in total. The number of aliphatic hydroxyl groups excluding tert-OH is 1. The topological polar surface area (TPSA) is 90.8 Å². The molecule has 7 nitrogen and oxygen atoms in total. The van der Waals surface area contributed by atoms with Crippen LogP contribution in [0.5, 0.6) is 11.9 Å². The van der Waals surface area contributed by atoms with Crippen molar-refractivity contribution in [1.29, 1.82) is 0 Å². The molecule has 2 rings (SSSR count). The second kappa shape index (κ2) is 9.26. The first-order chi connectivity index (χ1) is 13.7. The van der Waals surface area contributed by atoms with Gasteiger partial charge in [-0.2, -0.15) is 23.1 Å². The minimum Gasteiger partial charge on any atom is -0.515 e. The molecule has 0 spiro atoms. The maximum atomic E-state index is 13.1. The number of ether oxygens (including phenoxy) is 3. The number of aliphatic hydroxyl groups is 1. The number of esters is 1. The maximum absolute atomic E-state index is 13.1. The highest BCUT2D eigenvalue weighted by Crippen LogP contribution is 2.31. The van der Waals surface area contributed by atoms with Gasteiger partial charge in [0.1, 0.15) is 12.2 Å². The molecule has 0 amide bonds. The summed E-state index contributed by atoms with van der Waals surface area (Å²) in [6.45, 7) is 3.01. The average Bonchev–Trinajstić information content (AvgIpc) is 2.66. The van der Waals surface area contributed by atoms with Crippen LogP contribution in [0.15, 0.2) is 36.6 Å². The molecule has 0 aliphatic rings. The van der Waals surface area contributed by atoms with Crippen molar-refractivity contribution in [3.63, 3.8) is 0 Å². The Morgan fingerprint density at radius 2 is 1.93 bits per heavy atom. The number of benzene rings is 1. The highest BCUT2D eigenvalue weighted by molar-refractivity contribution is 6.16. The summed E-state index contributed by atoms with van der Waals surface area (Å²) in [4.78, 5) is 19.0. The highest BCUT2D eigenvalue weighted by atomic mass is 19.4. The van der Waals surface area contributed by atoms with E-state index in [9.17, 15) is 23.1 Å². The van der Waals surface area contributed by atoms with Gasteiger partial charge in [0.25, 0.3) is 0 Å². The summed E-state index contributed by atoms with van der Waals surface area (Å²) in [6.07, 6.45) is -4.57. The van der Waals surface area contributed by atoms with Gasteiger partial charge in [-0.25, -0.2) is 4.79 Å². The molecular formula is C19H19F3N2O5. The lowest BCUT2D eigenvalue weighted by atomic mass is 10.0. The van der Waals surface area contributed by atoms with Crippen LogP contribution in [0.25, 0.3) is 5.57 Å². The van der Waals surface area contributed by atoms with Crippen molar-refractivity contribution in [2.75, 3.05) is 7.11 Å². The normalized spacial score (nSPS) is 12.0. The zero-order chi connectivity index (χ0) is 21.6. The van der Waals surface area contributed by atoms with E-state index in [1.165, 1.54) is 6.07 Å². The summed E-state index contributed by atoms with van der Waals surface area (Å²) < 4.78 is 54.5. The van der Waals surface area contributed by atoms with Crippen molar-refractivity contribution < 1.29 is 37.3 Å². The van der Waals surface area contributed by atoms with Crippen molar-refractivity contribution in [2.24, 2.45) is 0 Å². The van der Waals surface area contributed by atoms with E-state index < -0.39 is 30.0 Å². The summed E-state index contributed by atoms with van der Waals surface area (Å²) in [5, 5.41) is 9.37. The number of carbonyl (C=O) groups is 1. The number of hydrogen-bond acceptors (Lipinski definition) is 7. The Kier molecular flexibility index (Phi) is 7.03. The van der Waals surface area contributed by atoms with E-state index in [4.69, 9.17) is 9.47 Å². The van der Waals surface area contributed by atoms with Crippen molar-refractivity contribution in [1.82, 2.24) is 9.97 Å². The standard InChI is InChI=1S/C19H19F3N2O5/c1-11(2)29-18-23-15(19(20,21)22)8-16(24-18)28-10-12-6-4-5-7-13(12)14(9-25)17(26)27-3/h4-9,11,25H,10H2,1-3H3/b14-9+. The van der Waals surface area contributed by atoms with E-state index in [2.05, 4.69) is 14.7 Å². The van der Waals surface area contributed by atoms with Gasteiger partial charge in [-0.1, -0.05) is 24.3 Å². The van der Waals surface area contributed by atoms with Crippen LogP contribution in [-0.4, -0.2) is 34.3 Å². The minimum atomic E-state index is -4.72. The summed E-state index contributed by atoms with van der Waals surface area (Å²) in [5.74, 6) is -1.14. The van der Waals surface area contributed by atoms with Gasteiger partial charge in [0.2, 0.25) is 5.88 Å². The van der Waals surface area contributed by atoms with Crippen LogP contribution in [0.1, 0.15) is 30.7 Å². The second-order valence-electron chi connectivity index (χ2n) is 6.02. The lowest BCUT2D eigenvalue weighted by Gasteiger charge is -2.14. The second-order valence-corrected chi connectivity index (χ2v) is 6.02. The average molecular weight is 412 g/mol. The number of carbonyl (C=O) groups excluding carboxylic acids is 1. The van der Waals surface area contributed by atoms with E-state index in [1.807, 2.05) is 0 Å². The van der Waals surface area contributed by atoms with Gasteiger partial charge in [-0.3, -0.25) is 0 Å². The van der Waals surface area contributed by atoms with E-state index in [0.717, 1.165) is 7.11 Å². The third-order valence-corrected chi connectivity index (χ3v) is 3.53. The van der Waals surface area contributed by atoms with Crippen LogP contribution in [0.4, 0.5) is 13.2 Å². The molecule has 1 aromatic carbocycles. The van der Waals surface area contributed by atoms with Gasteiger partial charge < -0.3 is 19.3 Å². The van der Waals surface area contributed by atoms with Gasteiger partial charge in [-0.15, -0.1) is 0 Å². The van der Waals surface area contributed by atoms with Crippen molar-refractivity contribution in [2.45, 2.75) is 32.7 Å². The number of nitrogens with zero attached hydrogens (tertiary/aromatic N) is 2. The summed E-state index contributed by atoms with van der Waals surface area (Å²) >= 11 is 0. The highest BCUT2D eigenvalue weighted by Gasteiger charge is 2.34. The Labute approximate surface area is 164 Å². The molecule has 0 aliphatic carbocycles. The fraction of sp³-hybridized carbons (Fsp3) is 0.316. The van der Waals surface area contributed by atoms with Crippen LogP contribution in [-0.2, 0) is 22.3 Å². The molecule has 0 aliphatic heterocycles. The first-order valence-electron chi connectivity index (χ1n) is 8.42. The van der Waals surface area contributed by atoms with Gasteiger partial charge >= 0.3 is 18.2 Å². The monoisotopic (exact) mass is 412 g/mol. The SMILES string of the molecule is COC(=O)/C(=C/O)c1ccccc1COc1cc(C(F)(F)F)nc(OC(C)C)n1. The lowest BCUT2D eigenvalue weighted by molar-refractivity contribution is -0.141. The number of aromatic nitrogens is 2. The van der Waals surface area contributed by atoms with Gasteiger partial charge in [0.05, 0.1) is 19.5 Å². The Balaban J connectivity index is 2.34. The molecule has 2 aromatic rings. The Hall–Kier alpha value is -3.30. The predicted octanol–water partition coefficient (Wildman–Crippen LogP) is 3.93. The molecule has 0 fully saturated rings. The number of alkyl halides is 3. The fourth-order valence-corrected chi connectivity index (χ4v) is 2.29. The zero-order valence-corrected chi connectivity index (χ0v) is 15.9. The first-order valence-corrected chi connectivity index (χ1v) is 8.42. The van der Waals surface area contributed by atoms with Crippen molar-refractivity contribution >= 4 is 11.5 Å². The Morgan fingerprint density at radius 3 is 2.52 bits per heavy atom. The zero-order valence-electron chi connectivity index (χ0n) is 15.9. The van der Waals surface area contributed by atoms with E-state index in [1.54, 1.807) is 32.0 Å². The lowest BCUT2D eigenvalue weighted by Crippen LogP contribution is -2.14. The minimum absolute atomic E-state index is 0.130. The number of methoxy groups -OCH3 is 1. The molecule has 29 heavy (non-hydrogen) atoms. The first kappa shape index (κ1) is 22.0. The van der Waals surface area contributed by atoms with Crippen molar-refractivity contribution in [3.8, 4) is 11.9 Å². The summed E-state index contributed by atoms with van der Waals surface area (Å²) in [5.41, 5.74) is -0.631. The number of halogens is 3. The van der Waals surface area contributed by atoms with Crippen LogP contribution in [0.2, 0.25) is 0 Å². The van der Waals surface area contributed by atoms with Crippen LogP contribution in [0.3, 0.4) is 0 Å². The molecule has 1 heterocycles. The van der Waals surface area contributed by atoms with Crippen molar-refractivity contribution in [3.05, 3.63) is 53.4 Å². The third-order valence-electron chi connectivity index (χ3n) is 3.53. The molecule has 0 atom stereocenters. The third kappa shape index (κ3) is 5.84. The number of rotatable bonds is 7. The number of hydrogen-bond donors (Lipinski definition) is 1. The van der Waals surface area contributed by atoms with Gasteiger partial charge in [0.15, 0.2) is 5.69 Å². The van der Waals surface area contributed by atoms with Crippen LogP contribution in [0, 0.1) is 0 Å².